The molecule has 0 spiro atoms. The molecule has 4 nitrogen and oxygen atoms in total. The Morgan fingerprint density at radius 3 is 3.37 bits per heavy atom. The summed E-state index contributed by atoms with van der Waals surface area (Å²) < 4.78 is 6.98. The van der Waals surface area contributed by atoms with Crippen LogP contribution in [0.1, 0.15) is 18.4 Å². The fourth-order valence-corrected chi connectivity index (χ4v) is 3.26. The first-order valence-electron chi connectivity index (χ1n) is 6.94. The van der Waals surface area contributed by atoms with Gasteiger partial charge in [-0.3, -0.25) is 4.90 Å². The van der Waals surface area contributed by atoms with E-state index in [2.05, 4.69) is 38.1 Å². The SMILES string of the molecule is Cc1ccnc(NCC2CN3CCCC3CO2)c1Br. The van der Waals surface area contributed by atoms with Crippen LogP contribution in [0.5, 0.6) is 0 Å². The molecular formula is C14H20BrN3O. The summed E-state index contributed by atoms with van der Waals surface area (Å²) in [6, 6.07) is 2.67. The first-order chi connectivity index (χ1) is 9.24. The molecule has 1 aromatic heterocycles. The maximum absolute atomic E-state index is 5.94. The average Bonchev–Trinajstić information content (AvgIpc) is 2.88. The molecule has 3 rings (SSSR count). The van der Waals surface area contributed by atoms with Gasteiger partial charge in [0.25, 0.3) is 0 Å². The smallest absolute Gasteiger partial charge is 0.140 e. The molecule has 104 valence electrons. The van der Waals surface area contributed by atoms with Gasteiger partial charge < -0.3 is 10.1 Å². The summed E-state index contributed by atoms with van der Waals surface area (Å²) in [7, 11) is 0. The minimum atomic E-state index is 0.267. The van der Waals surface area contributed by atoms with Crippen molar-refractivity contribution in [3.05, 3.63) is 22.3 Å². The molecule has 0 bridgehead atoms. The number of nitrogens with zero attached hydrogens (tertiary/aromatic N) is 2. The van der Waals surface area contributed by atoms with E-state index in [1.165, 1.54) is 24.9 Å². The van der Waals surface area contributed by atoms with E-state index in [0.29, 0.717) is 6.04 Å². The van der Waals surface area contributed by atoms with E-state index in [4.69, 9.17) is 4.74 Å². The summed E-state index contributed by atoms with van der Waals surface area (Å²) in [5, 5.41) is 3.39. The molecule has 0 radical (unpaired) electrons. The Balaban J connectivity index is 1.56. The van der Waals surface area contributed by atoms with E-state index < -0.39 is 0 Å². The molecule has 0 saturated carbocycles. The van der Waals surface area contributed by atoms with Crippen molar-refractivity contribution in [2.75, 3.05) is 31.6 Å². The van der Waals surface area contributed by atoms with Crippen molar-refractivity contribution in [1.29, 1.82) is 0 Å². The summed E-state index contributed by atoms with van der Waals surface area (Å²) in [6.45, 7) is 6.05. The molecule has 1 N–H and O–H groups in total. The third-order valence-corrected chi connectivity index (χ3v) is 5.04. The van der Waals surface area contributed by atoms with Crippen LogP contribution < -0.4 is 5.32 Å². The van der Waals surface area contributed by atoms with Crippen LogP contribution in [0.2, 0.25) is 0 Å². The number of rotatable bonds is 3. The monoisotopic (exact) mass is 325 g/mol. The van der Waals surface area contributed by atoms with Gasteiger partial charge in [0, 0.05) is 25.3 Å². The topological polar surface area (TPSA) is 37.4 Å². The van der Waals surface area contributed by atoms with E-state index >= 15 is 0 Å². The number of hydrogen-bond donors (Lipinski definition) is 1. The van der Waals surface area contributed by atoms with E-state index in [1.807, 2.05) is 12.3 Å². The fourth-order valence-electron chi connectivity index (χ4n) is 2.88. The number of halogens is 1. The third-order valence-electron chi connectivity index (χ3n) is 4.04. The van der Waals surface area contributed by atoms with E-state index in [9.17, 15) is 0 Å². The van der Waals surface area contributed by atoms with Crippen molar-refractivity contribution in [3.8, 4) is 0 Å². The number of aromatic nitrogens is 1. The predicted molar refractivity (Wildman–Crippen MR) is 79.5 cm³/mol. The van der Waals surface area contributed by atoms with Crippen molar-refractivity contribution in [1.82, 2.24) is 9.88 Å². The molecular weight excluding hydrogens is 306 g/mol. The molecule has 2 atom stereocenters. The van der Waals surface area contributed by atoms with Crippen LogP contribution in [0, 0.1) is 6.92 Å². The highest BCUT2D eigenvalue weighted by molar-refractivity contribution is 9.10. The normalized spacial score (nSPS) is 27.3. The Labute approximate surface area is 122 Å². The van der Waals surface area contributed by atoms with Crippen LogP contribution >= 0.6 is 15.9 Å². The number of pyridine rings is 1. The molecule has 2 aliphatic heterocycles. The molecule has 19 heavy (non-hydrogen) atoms. The number of anilines is 1. The fraction of sp³-hybridized carbons (Fsp3) is 0.643. The van der Waals surface area contributed by atoms with Gasteiger partial charge in [0.05, 0.1) is 17.2 Å². The lowest BCUT2D eigenvalue weighted by molar-refractivity contribution is -0.0416. The summed E-state index contributed by atoms with van der Waals surface area (Å²) in [5.74, 6) is 0.909. The van der Waals surface area contributed by atoms with Crippen LogP contribution in [0.3, 0.4) is 0 Å². The minimum absolute atomic E-state index is 0.267. The van der Waals surface area contributed by atoms with Gasteiger partial charge in [-0.05, 0) is 53.9 Å². The number of morpholine rings is 1. The Morgan fingerprint density at radius 2 is 2.47 bits per heavy atom. The quantitative estimate of drug-likeness (QED) is 0.926. The van der Waals surface area contributed by atoms with Crippen LogP contribution in [-0.2, 0) is 4.74 Å². The highest BCUT2D eigenvalue weighted by Crippen LogP contribution is 2.25. The lowest BCUT2D eigenvalue weighted by Gasteiger charge is -2.35. The number of aryl methyl sites for hydroxylation is 1. The Morgan fingerprint density at radius 1 is 1.58 bits per heavy atom. The van der Waals surface area contributed by atoms with Gasteiger partial charge in [-0.15, -0.1) is 0 Å². The molecule has 3 heterocycles. The average molecular weight is 326 g/mol. The molecule has 1 aromatic rings. The summed E-state index contributed by atoms with van der Waals surface area (Å²) >= 11 is 3.57. The Hall–Kier alpha value is -0.650. The first-order valence-corrected chi connectivity index (χ1v) is 7.74. The molecule has 2 aliphatic rings. The standard InChI is InChI=1S/C14H20BrN3O/c1-10-4-5-16-14(13(10)15)17-7-12-8-18-6-2-3-11(18)9-19-12/h4-5,11-12H,2-3,6-9H2,1H3,(H,16,17). The second-order valence-corrected chi connectivity index (χ2v) is 6.21. The Kier molecular flexibility index (Phi) is 4.05. The highest BCUT2D eigenvalue weighted by atomic mass is 79.9. The lowest BCUT2D eigenvalue weighted by atomic mass is 10.2. The maximum atomic E-state index is 5.94. The van der Waals surface area contributed by atoms with Gasteiger partial charge in [-0.2, -0.15) is 0 Å². The number of fused-ring (bicyclic) bond motifs is 1. The third kappa shape index (κ3) is 2.93. The van der Waals surface area contributed by atoms with Crippen LogP contribution in [0.4, 0.5) is 5.82 Å². The van der Waals surface area contributed by atoms with Gasteiger partial charge in [-0.1, -0.05) is 0 Å². The van der Waals surface area contributed by atoms with E-state index in [-0.39, 0.29) is 6.10 Å². The highest BCUT2D eigenvalue weighted by Gasteiger charge is 2.32. The van der Waals surface area contributed by atoms with Gasteiger partial charge in [0.2, 0.25) is 0 Å². The molecule has 2 unspecified atom stereocenters. The molecule has 5 heteroatoms. The van der Waals surface area contributed by atoms with Crippen LogP contribution in [-0.4, -0.2) is 48.3 Å². The molecule has 0 aromatic carbocycles. The van der Waals surface area contributed by atoms with Crippen molar-refractivity contribution < 1.29 is 4.74 Å². The lowest BCUT2D eigenvalue weighted by Crippen LogP contribution is -2.48. The van der Waals surface area contributed by atoms with E-state index in [0.717, 1.165) is 30.0 Å². The molecule has 0 amide bonds. The van der Waals surface area contributed by atoms with Gasteiger partial charge >= 0.3 is 0 Å². The molecule has 0 aliphatic carbocycles. The Bertz CT molecular complexity index is 454. The largest absolute Gasteiger partial charge is 0.373 e. The second-order valence-electron chi connectivity index (χ2n) is 5.42. The summed E-state index contributed by atoms with van der Waals surface area (Å²) in [6.07, 6.45) is 4.72. The number of hydrogen-bond acceptors (Lipinski definition) is 4. The zero-order valence-corrected chi connectivity index (χ0v) is 12.8. The van der Waals surface area contributed by atoms with Crippen molar-refractivity contribution >= 4 is 21.7 Å². The van der Waals surface area contributed by atoms with Gasteiger partial charge in [0.15, 0.2) is 0 Å². The molecule has 2 saturated heterocycles. The zero-order chi connectivity index (χ0) is 13.2. The van der Waals surface area contributed by atoms with Crippen molar-refractivity contribution in [3.63, 3.8) is 0 Å². The second kappa shape index (κ2) is 5.77. The number of nitrogens with one attached hydrogen (secondary N) is 1. The number of ether oxygens (including phenoxy) is 1. The van der Waals surface area contributed by atoms with E-state index in [1.54, 1.807) is 0 Å². The van der Waals surface area contributed by atoms with Gasteiger partial charge in [-0.25, -0.2) is 4.98 Å². The first kappa shape index (κ1) is 13.3. The van der Waals surface area contributed by atoms with Crippen LogP contribution in [0.25, 0.3) is 0 Å². The zero-order valence-electron chi connectivity index (χ0n) is 11.2. The molecule has 2 fully saturated rings. The maximum Gasteiger partial charge on any atom is 0.140 e. The van der Waals surface area contributed by atoms with Crippen LogP contribution in [0.15, 0.2) is 16.7 Å². The predicted octanol–water partition coefficient (Wildman–Crippen LogP) is 2.43. The van der Waals surface area contributed by atoms with Crippen molar-refractivity contribution in [2.45, 2.75) is 31.9 Å². The minimum Gasteiger partial charge on any atom is -0.373 e. The van der Waals surface area contributed by atoms with Crippen molar-refractivity contribution in [2.24, 2.45) is 0 Å². The summed E-state index contributed by atoms with van der Waals surface area (Å²) in [4.78, 5) is 6.93. The summed E-state index contributed by atoms with van der Waals surface area (Å²) in [5.41, 5.74) is 1.20. The van der Waals surface area contributed by atoms with Gasteiger partial charge in [0.1, 0.15) is 5.82 Å².